The number of nitrogens with zero attached hydrogens (tertiary/aromatic N) is 1. The van der Waals surface area contributed by atoms with Gasteiger partial charge in [0.2, 0.25) is 5.91 Å². The number of halogens is 1. The van der Waals surface area contributed by atoms with Gasteiger partial charge in [0.05, 0.1) is 17.1 Å². The molecule has 6 nitrogen and oxygen atoms in total. The molecule has 0 aliphatic carbocycles. The number of carbonyl (C=O) groups is 2. The van der Waals surface area contributed by atoms with Gasteiger partial charge in [-0.05, 0) is 6.07 Å². The minimum absolute atomic E-state index is 0.296. The quantitative estimate of drug-likeness (QED) is 0.717. The number of aromatic nitrogens is 1. The van der Waals surface area contributed by atoms with E-state index in [9.17, 15) is 9.59 Å². The second-order valence-corrected chi connectivity index (χ2v) is 3.77. The fraction of sp³-hybridized carbons (Fsp3) is 0.222. The molecule has 84 valence electrons. The van der Waals surface area contributed by atoms with Crippen LogP contribution in [0.25, 0.3) is 0 Å². The summed E-state index contributed by atoms with van der Waals surface area (Å²) in [6, 6.07) is 0.741. The van der Waals surface area contributed by atoms with Gasteiger partial charge in [-0.25, -0.2) is 4.98 Å². The molecule has 0 aromatic carbocycles. The van der Waals surface area contributed by atoms with Crippen molar-refractivity contribution in [3.8, 4) is 0 Å². The average molecular weight is 242 g/mol. The van der Waals surface area contributed by atoms with Gasteiger partial charge in [0.15, 0.2) is 5.82 Å². The van der Waals surface area contributed by atoms with E-state index in [2.05, 4.69) is 15.6 Å². The van der Waals surface area contributed by atoms with E-state index >= 15 is 0 Å². The summed E-state index contributed by atoms with van der Waals surface area (Å²) >= 11 is 5.71. The van der Waals surface area contributed by atoms with Crippen LogP contribution >= 0.6 is 11.6 Å². The highest BCUT2D eigenvalue weighted by Gasteiger charge is 2.28. The standard InChI is InChI=1S/C9H8ClN3O3/c10-4-1-5-8(11-3-4)12-6(2-7(14)15)9(16)13-5/h1,3,6H,2H2,(H,11,12)(H,13,16)(H,14,15). The SMILES string of the molecule is O=C(O)CC1Nc2ncc(Cl)cc2NC1=O. The third kappa shape index (κ3) is 2.06. The molecule has 2 heterocycles. The Morgan fingerprint density at radius 3 is 3.06 bits per heavy atom. The third-order valence-corrected chi connectivity index (χ3v) is 2.33. The third-order valence-electron chi connectivity index (χ3n) is 2.12. The molecule has 3 N–H and O–H groups in total. The van der Waals surface area contributed by atoms with Crippen molar-refractivity contribution < 1.29 is 14.7 Å². The van der Waals surface area contributed by atoms with Crippen LogP contribution in [-0.2, 0) is 9.59 Å². The van der Waals surface area contributed by atoms with E-state index in [4.69, 9.17) is 16.7 Å². The molecular formula is C9H8ClN3O3. The zero-order chi connectivity index (χ0) is 11.7. The van der Waals surface area contributed by atoms with Crippen molar-refractivity contribution >= 4 is 35.0 Å². The van der Waals surface area contributed by atoms with Crippen LogP contribution in [0.4, 0.5) is 11.5 Å². The summed E-state index contributed by atoms with van der Waals surface area (Å²) < 4.78 is 0. The summed E-state index contributed by atoms with van der Waals surface area (Å²) in [7, 11) is 0. The maximum atomic E-state index is 11.5. The van der Waals surface area contributed by atoms with Gasteiger partial charge in [0.25, 0.3) is 0 Å². The number of aliphatic carboxylic acids is 1. The number of nitrogens with one attached hydrogen (secondary N) is 2. The molecule has 1 unspecified atom stereocenters. The van der Waals surface area contributed by atoms with Crippen LogP contribution < -0.4 is 10.6 Å². The molecule has 0 saturated heterocycles. The van der Waals surface area contributed by atoms with Gasteiger partial charge in [0, 0.05) is 6.20 Å². The molecule has 16 heavy (non-hydrogen) atoms. The van der Waals surface area contributed by atoms with E-state index in [1.807, 2.05) is 0 Å². The van der Waals surface area contributed by atoms with Crippen LogP contribution in [0.15, 0.2) is 12.3 Å². The van der Waals surface area contributed by atoms with Gasteiger partial charge in [-0.1, -0.05) is 11.6 Å². The van der Waals surface area contributed by atoms with E-state index in [-0.39, 0.29) is 6.42 Å². The number of hydrogen-bond donors (Lipinski definition) is 3. The number of pyridine rings is 1. The van der Waals surface area contributed by atoms with Crippen LogP contribution in [0.1, 0.15) is 6.42 Å². The molecule has 1 aromatic heterocycles. The maximum absolute atomic E-state index is 11.5. The minimum Gasteiger partial charge on any atom is -0.481 e. The number of rotatable bonds is 2. The first-order chi connectivity index (χ1) is 7.56. The normalized spacial score (nSPS) is 18.3. The molecule has 0 radical (unpaired) electrons. The van der Waals surface area contributed by atoms with E-state index < -0.39 is 17.9 Å². The number of hydrogen-bond acceptors (Lipinski definition) is 4. The number of fused-ring (bicyclic) bond motifs is 1. The highest BCUT2D eigenvalue weighted by molar-refractivity contribution is 6.31. The molecular weight excluding hydrogens is 234 g/mol. The van der Waals surface area contributed by atoms with Gasteiger partial charge in [-0.2, -0.15) is 0 Å². The summed E-state index contributed by atoms with van der Waals surface area (Å²) in [5, 5.41) is 14.3. The van der Waals surface area contributed by atoms with Crippen molar-refractivity contribution in [3.63, 3.8) is 0 Å². The van der Waals surface area contributed by atoms with Gasteiger partial charge in [-0.15, -0.1) is 0 Å². The molecule has 2 rings (SSSR count). The smallest absolute Gasteiger partial charge is 0.305 e. The lowest BCUT2D eigenvalue weighted by Gasteiger charge is -2.24. The number of anilines is 2. The number of carbonyl (C=O) groups excluding carboxylic acids is 1. The predicted molar refractivity (Wildman–Crippen MR) is 57.5 cm³/mol. The lowest BCUT2D eigenvalue weighted by molar-refractivity contribution is -0.138. The zero-order valence-electron chi connectivity index (χ0n) is 8.03. The van der Waals surface area contributed by atoms with Crippen molar-refractivity contribution in [2.45, 2.75) is 12.5 Å². The zero-order valence-corrected chi connectivity index (χ0v) is 8.78. The number of carboxylic acid groups (broad SMARTS) is 1. The number of amides is 1. The Balaban J connectivity index is 2.25. The van der Waals surface area contributed by atoms with E-state index in [0.29, 0.717) is 16.5 Å². The summed E-state index contributed by atoms with van der Waals surface area (Å²) in [5.41, 5.74) is 0.458. The highest BCUT2D eigenvalue weighted by atomic mass is 35.5. The second kappa shape index (κ2) is 3.97. The van der Waals surface area contributed by atoms with E-state index in [0.717, 1.165) is 0 Å². The Kier molecular flexibility index (Phi) is 2.66. The Labute approximate surface area is 95.6 Å². The largest absolute Gasteiger partial charge is 0.481 e. The molecule has 1 aliphatic heterocycles. The van der Waals surface area contributed by atoms with Crippen molar-refractivity contribution in [2.24, 2.45) is 0 Å². The molecule has 0 bridgehead atoms. The topological polar surface area (TPSA) is 91.3 Å². The lowest BCUT2D eigenvalue weighted by Crippen LogP contribution is -2.40. The van der Waals surface area contributed by atoms with Crippen LogP contribution in [0.5, 0.6) is 0 Å². The van der Waals surface area contributed by atoms with Crippen LogP contribution in [0, 0.1) is 0 Å². The fourth-order valence-corrected chi connectivity index (χ4v) is 1.58. The van der Waals surface area contributed by atoms with Gasteiger partial charge >= 0.3 is 5.97 Å². The summed E-state index contributed by atoms with van der Waals surface area (Å²) in [5.74, 6) is -1.03. The fourth-order valence-electron chi connectivity index (χ4n) is 1.42. The van der Waals surface area contributed by atoms with E-state index in [1.54, 1.807) is 6.07 Å². The average Bonchev–Trinajstić information content (AvgIpc) is 2.19. The molecule has 1 amide bonds. The van der Waals surface area contributed by atoms with Crippen molar-refractivity contribution in [1.29, 1.82) is 0 Å². The van der Waals surface area contributed by atoms with Crippen molar-refractivity contribution in [1.82, 2.24) is 4.98 Å². The van der Waals surface area contributed by atoms with E-state index in [1.165, 1.54) is 6.20 Å². The molecule has 0 spiro atoms. The Hall–Kier alpha value is -1.82. The first-order valence-corrected chi connectivity index (χ1v) is 4.89. The van der Waals surface area contributed by atoms with Crippen LogP contribution in [0.3, 0.4) is 0 Å². The maximum Gasteiger partial charge on any atom is 0.305 e. The number of carboxylic acids is 1. The Morgan fingerprint density at radius 1 is 1.62 bits per heavy atom. The minimum atomic E-state index is -1.05. The predicted octanol–water partition coefficient (Wildman–Crippen LogP) is 0.942. The Bertz CT molecular complexity index is 463. The van der Waals surface area contributed by atoms with Crippen LogP contribution in [0.2, 0.25) is 5.02 Å². The first-order valence-electron chi connectivity index (χ1n) is 4.51. The summed E-state index contributed by atoms with van der Waals surface area (Å²) in [4.78, 5) is 26.0. The first kappa shape index (κ1) is 10.7. The van der Waals surface area contributed by atoms with Gasteiger partial charge < -0.3 is 15.7 Å². The molecule has 1 aliphatic rings. The molecule has 1 aromatic rings. The van der Waals surface area contributed by atoms with Gasteiger partial charge in [0.1, 0.15) is 6.04 Å². The summed E-state index contributed by atoms with van der Waals surface area (Å²) in [6.07, 6.45) is 1.12. The van der Waals surface area contributed by atoms with Crippen LogP contribution in [-0.4, -0.2) is 28.0 Å². The summed E-state index contributed by atoms with van der Waals surface area (Å²) in [6.45, 7) is 0. The Morgan fingerprint density at radius 2 is 2.38 bits per heavy atom. The monoisotopic (exact) mass is 241 g/mol. The molecule has 0 fully saturated rings. The molecule has 1 atom stereocenters. The lowest BCUT2D eigenvalue weighted by atomic mass is 10.1. The van der Waals surface area contributed by atoms with Gasteiger partial charge in [-0.3, -0.25) is 9.59 Å². The van der Waals surface area contributed by atoms with Crippen molar-refractivity contribution in [3.05, 3.63) is 17.3 Å². The molecule has 7 heteroatoms. The van der Waals surface area contributed by atoms with Crippen molar-refractivity contribution in [2.75, 3.05) is 10.6 Å². The molecule has 0 saturated carbocycles. The second-order valence-electron chi connectivity index (χ2n) is 3.33. The highest BCUT2D eigenvalue weighted by Crippen LogP contribution is 2.27.